The van der Waals surface area contributed by atoms with Gasteiger partial charge in [0.1, 0.15) is 17.4 Å². The van der Waals surface area contributed by atoms with Gasteiger partial charge in [-0.2, -0.15) is 0 Å². The Balaban J connectivity index is 2.82. The SMILES string of the molecule is CCc1noc(C)c1C(=O)NC(CCC(=O)O)C(=O)O. The Bertz CT molecular complexity index is 522. The molecule has 3 N–H and O–H groups in total. The van der Waals surface area contributed by atoms with Gasteiger partial charge in [-0.1, -0.05) is 12.1 Å². The first kappa shape index (κ1) is 15.7. The summed E-state index contributed by atoms with van der Waals surface area (Å²) < 4.78 is 4.90. The van der Waals surface area contributed by atoms with Crippen LogP contribution in [-0.4, -0.2) is 39.3 Å². The van der Waals surface area contributed by atoms with Crippen molar-refractivity contribution in [1.29, 1.82) is 0 Å². The summed E-state index contributed by atoms with van der Waals surface area (Å²) in [6, 6.07) is -1.27. The minimum atomic E-state index is -1.29. The van der Waals surface area contributed by atoms with E-state index in [-0.39, 0.29) is 18.4 Å². The fraction of sp³-hybridized carbons (Fsp3) is 0.500. The van der Waals surface area contributed by atoms with E-state index in [1.54, 1.807) is 13.8 Å². The summed E-state index contributed by atoms with van der Waals surface area (Å²) in [5.74, 6) is -2.74. The molecule has 0 aliphatic heterocycles. The van der Waals surface area contributed by atoms with Crippen LogP contribution >= 0.6 is 0 Å². The lowest BCUT2D eigenvalue weighted by Crippen LogP contribution is -2.41. The van der Waals surface area contributed by atoms with Gasteiger partial charge in [0.05, 0.1) is 5.69 Å². The molecule has 1 aromatic heterocycles. The topological polar surface area (TPSA) is 130 Å². The first-order valence-electron chi connectivity index (χ1n) is 6.07. The molecule has 0 aliphatic carbocycles. The summed E-state index contributed by atoms with van der Waals surface area (Å²) in [7, 11) is 0. The minimum Gasteiger partial charge on any atom is -0.481 e. The van der Waals surface area contributed by atoms with Gasteiger partial charge in [0.25, 0.3) is 5.91 Å². The fourth-order valence-corrected chi connectivity index (χ4v) is 1.71. The summed E-state index contributed by atoms with van der Waals surface area (Å²) in [5, 5.41) is 23.5. The van der Waals surface area contributed by atoms with E-state index in [0.717, 1.165) is 0 Å². The molecular formula is C12H16N2O6. The van der Waals surface area contributed by atoms with Gasteiger partial charge in [-0.05, 0) is 19.8 Å². The number of carbonyl (C=O) groups is 3. The number of hydrogen-bond acceptors (Lipinski definition) is 5. The monoisotopic (exact) mass is 284 g/mol. The Morgan fingerprint density at radius 3 is 2.50 bits per heavy atom. The normalized spacial score (nSPS) is 11.9. The van der Waals surface area contributed by atoms with Crippen LogP contribution in [0.3, 0.4) is 0 Å². The predicted octanol–water partition coefficient (Wildman–Crippen LogP) is 0.593. The van der Waals surface area contributed by atoms with Gasteiger partial charge in [0.15, 0.2) is 0 Å². The van der Waals surface area contributed by atoms with E-state index in [9.17, 15) is 14.4 Å². The van der Waals surface area contributed by atoms with Gasteiger partial charge in [-0.25, -0.2) is 4.79 Å². The molecular weight excluding hydrogens is 268 g/mol. The number of aryl methyl sites for hydroxylation is 2. The van der Waals surface area contributed by atoms with E-state index in [1.807, 2.05) is 0 Å². The lowest BCUT2D eigenvalue weighted by atomic mass is 10.1. The molecule has 1 rings (SSSR count). The number of carbonyl (C=O) groups excluding carboxylic acids is 1. The maximum absolute atomic E-state index is 12.0. The van der Waals surface area contributed by atoms with Crippen LogP contribution in [0.2, 0.25) is 0 Å². The maximum atomic E-state index is 12.0. The summed E-state index contributed by atoms with van der Waals surface area (Å²) in [6.07, 6.45) is -0.0738. The Labute approximate surface area is 114 Å². The molecule has 0 aromatic carbocycles. The zero-order chi connectivity index (χ0) is 15.3. The quantitative estimate of drug-likeness (QED) is 0.668. The highest BCUT2D eigenvalue weighted by molar-refractivity contribution is 5.98. The number of amides is 1. The van der Waals surface area contributed by atoms with E-state index >= 15 is 0 Å². The third-order valence-corrected chi connectivity index (χ3v) is 2.75. The van der Waals surface area contributed by atoms with E-state index in [0.29, 0.717) is 17.9 Å². The molecule has 1 atom stereocenters. The number of nitrogens with one attached hydrogen (secondary N) is 1. The molecule has 0 radical (unpaired) electrons. The Hall–Kier alpha value is -2.38. The van der Waals surface area contributed by atoms with Crippen molar-refractivity contribution in [3.63, 3.8) is 0 Å². The van der Waals surface area contributed by atoms with E-state index in [4.69, 9.17) is 14.7 Å². The largest absolute Gasteiger partial charge is 0.481 e. The molecule has 110 valence electrons. The van der Waals surface area contributed by atoms with Gasteiger partial charge >= 0.3 is 11.9 Å². The summed E-state index contributed by atoms with van der Waals surface area (Å²) in [6.45, 7) is 3.33. The second-order valence-corrected chi connectivity index (χ2v) is 4.21. The van der Waals surface area contributed by atoms with Crippen molar-refractivity contribution < 1.29 is 29.1 Å². The first-order chi connectivity index (χ1) is 9.36. The number of rotatable bonds is 7. The molecule has 20 heavy (non-hydrogen) atoms. The Morgan fingerprint density at radius 2 is 2.00 bits per heavy atom. The molecule has 1 aromatic rings. The zero-order valence-corrected chi connectivity index (χ0v) is 11.2. The molecule has 8 nitrogen and oxygen atoms in total. The highest BCUT2D eigenvalue weighted by Crippen LogP contribution is 2.14. The highest BCUT2D eigenvalue weighted by atomic mass is 16.5. The number of carboxylic acid groups (broad SMARTS) is 2. The van der Waals surface area contributed by atoms with Gasteiger partial charge in [-0.15, -0.1) is 0 Å². The summed E-state index contributed by atoms with van der Waals surface area (Å²) in [5.41, 5.74) is 0.636. The number of carboxylic acids is 2. The average molecular weight is 284 g/mol. The molecule has 0 spiro atoms. The van der Waals surface area contributed by atoms with Crippen LogP contribution in [0.4, 0.5) is 0 Å². The lowest BCUT2D eigenvalue weighted by molar-refractivity contribution is -0.140. The maximum Gasteiger partial charge on any atom is 0.326 e. The van der Waals surface area contributed by atoms with E-state index in [2.05, 4.69) is 10.5 Å². The number of aromatic nitrogens is 1. The van der Waals surface area contributed by atoms with Crippen LogP contribution in [0.15, 0.2) is 4.52 Å². The summed E-state index contributed by atoms with van der Waals surface area (Å²) >= 11 is 0. The Morgan fingerprint density at radius 1 is 1.35 bits per heavy atom. The standard InChI is InChI=1S/C12H16N2O6/c1-3-7-10(6(2)20-14-7)11(17)13-8(12(18)19)4-5-9(15)16/h8H,3-5H2,1-2H3,(H,13,17)(H,15,16)(H,18,19). The van der Waals surface area contributed by atoms with Crippen molar-refractivity contribution in [1.82, 2.24) is 10.5 Å². The van der Waals surface area contributed by atoms with Crippen LogP contribution in [0.25, 0.3) is 0 Å². The van der Waals surface area contributed by atoms with Crippen LogP contribution < -0.4 is 5.32 Å². The van der Waals surface area contributed by atoms with Gasteiger partial charge < -0.3 is 20.1 Å². The predicted molar refractivity (Wildman–Crippen MR) is 66.4 cm³/mol. The van der Waals surface area contributed by atoms with Crippen LogP contribution in [0.1, 0.15) is 41.6 Å². The molecule has 0 saturated heterocycles. The number of hydrogen-bond donors (Lipinski definition) is 3. The zero-order valence-electron chi connectivity index (χ0n) is 11.2. The van der Waals surface area contributed by atoms with Crippen molar-refractivity contribution in [3.05, 3.63) is 17.0 Å². The molecule has 0 saturated carbocycles. The molecule has 0 aliphatic rings. The van der Waals surface area contributed by atoms with Crippen LogP contribution in [0, 0.1) is 6.92 Å². The smallest absolute Gasteiger partial charge is 0.326 e. The van der Waals surface area contributed by atoms with Crippen LogP contribution in [-0.2, 0) is 16.0 Å². The van der Waals surface area contributed by atoms with Crippen LogP contribution in [0.5, 0.6) is 0 Å². The molecule has 1 amide bonds. The lowest BCUT2D eigenvalue weighted by Gasteiger charge is -2.13. The second-order valence-electron chi connectivity index (χ2n) is 4.21. The van der Waals surface area contributed by atoms with Crippen molar-refractivity contribution in [2.24, 2.45) is 0 Å². The van der Waals surface area contributed by atoms with E-state index in [1.165, 1.54) is 0 Å². The number of aliphatic carboxylic acids is 2. The molecule has 1 unspecified atom stereocenters. The van der Waals surface area contributed by atoms with Gasteiger partial charge in [0.2, 0.25) is 0 Å². The minimum absolute atomic E-state index is 0.192. The number of nitrogens with zero attached hydrogens (tertiary/aromatic N) is 1. The van der Waals surface area contributed by atoms with Crippen molar-refractivity contribution in [2.45, 2.75) is 39.2 Å². The fourth-order valence-electron chi connectivity index (χ4n) is 1.71. The van der Waals surface area contributed by atoms with Crippen molar-refractivity contribution >= 4 is 17.8 Å². The third-order valence-electron chi connectivity index (χ3n) is 2.75. The molecule has 8 heteroatoms. The van der Waals surface area contributed by atoms with E-state index < -0.39 is 23.9 Å². The first-order valence-corrected chi connectivity index (χ1v) is 6.07. The summed E-state index contributed by atoms with van der Waals surface area (Å²) in [4.78, 5) is 33.5. The third kappa shape index (κ3) is 3.81. The van der Waals surface area contributed by atoms with Gasteiger partial charge in [0, 0.05) is 6.42 Å². The molecule has 1 heterocycles. The second kappa shape index (κ2) is 6.69. The molecule has 0 fully saturated rings. The average Bonchev–Trinajstić information content (AvgIpc) is 2.74. The van der Waals surface area contributed by atoms with Gasteiger partial charge in [-0.3, -0.25) is 9.59 Å². The molecule has 0 bridgehead atoms. The highest BCUT2D eigenvalue weighted by Gasteiger charge is 2.25. The Kier molecular flexibility index (Phi) is 5.24. The van der Waals surface area contributed by atoms with Crippen molar-refractivity contribution in [3.8, 4) is 0 Å². The van der Waals surface area contributed by atoms with Crippen molar-refractivity contribution in [2.75, 3.05) is 0 Å².